The fraction of sp³-hybridized carbons (Fsp3) is 0.615. The molecule has 106 valence electrons. The Hall–Kier alpha value is -1.34. The summed E-state index contributed by atoms with van der Waals surface area (Å²) in [7, 11) is 0. The molecule has 1 N–H and O–H groups in total. The highest BCUT2D eigenvalue weighted by Crippen LogP contribution is 2.39. The van der Waals surface area contributed by atoms with Crippen LogP contribution < -0.4 is 0 Å². The van der Waals surface area contributed by atoms with Crippen molar-refractivity contribution in [2.45, 2.75) is 48.6 Å². The van der Waals surface area contributed by atoms with E-state index in [9.17, 15) is 0 Å². The number of oxazole rings is 1. The number of aromatic nitrogens is 4. The largest absolute Gasteiger partial charge is 0.448 e. The van der Waals surface area contributed by atoms with Gasteiger partial charge in [-0.15, -0.1) is 5.10 Å². The minimum atomic E-state index is 0.0883. The third-order valence-electron chi connectivity index (χ3n) is 3.56. The van der Waals surface area contributed by atoms with Crippen LogP contribution in [0, 0.1) is 0 Å². The molecule has 3 heterocycles. The van der Waals surface area contributed by atoms with Crippen LogP contribution in [0.2, 0.25) is 0 Å². The van der Waals surface area contributed by atoms with Crippen molar-refractivity contribution in [2.75, 3.05) is 6.61 Å². The number of thioether (sulfide) groups is 1. The Morgan fingerprint density at radius 3 is 3.05 bits per heavy atom. The van der Waals surface area contributed by atoms with E-state index in [2.05, 4.69) is 20.2 Å². The molecule has 0 radical (unpaired) electrons. The summed E-state index contributed by atoms with van der Waals surface area (Å²) in [6, 6.07) is 0. The first-order chi connectivity index (χ1) is 9.88. The lowest BCUT2D eigenvalue weighted by Gasteiger charge is -2.02. The van der Waals surface area contributed by atoms with Crippen LogP contribution >= 0.6 is 11.8 Å². The van der Waals surface area contributed by atoms with Crippen LogP contribution in [0.5, 0.6) is 0 Å². The molecule has 1 aliphatic heterocycles. The van der Waals surface area contributed by atoms with Gasteiger partial charge in [-0.25, -0.2) is 9.97 Å². The molecule has 7 heteroatoms. The van der Waals surface area contributed by atoms with Crippen molar-refractivity contribution < 1.29 is 9.15 Å². The number of nitrogens with zero attached hydrogens (tertiary/aromatic N) is 3. The average molecular weight is 292 g/mol. The van der Waals surface area contributed by atoms with Crippen molar-refractivity contribution in [2.24, 2.45) is 0 Å². The Balaban J connectivity index is 1.36. The maximum absolute atomic E-state index is 5.58. The molecular formula is C13H16N4O2S. The second-order valence-electron chi connectivity index (χ2n) is 5.24. The standard InChI is InChI=1S/C13H16N4O2S/c1-2-10(18-5-1)11-15-13(17-16-11)20-7-9-6-19-12(14-9)8-3-4-8/h6,8,10H,1-5,7H2,(H,15,16,17). The van der Waals surface area contributed by atoms with Crippen molar-refractivity contribution in [1.29, 1.82) is 0 Å². The maximum atomic E-state index is 5.58. The third kappa shape index (κ3) is 2.60. The zero-order valence-corrected chi connectivity index (χ0v) is 11.9. The smallest absolute Gasteiger partial charge is 0.208 e. The minimum absolute atomic E-state index is 0.0883. The monoisotopic (exact) mass is 292 g/mol. The highest BCUT2D eigenvalue weighted by Gasteiger charge is 2.28. The van der Waals surface area contributed by atoms with E-state index in [4.69, 9.17) is 9.15 Å². The van der Waals surface area contributed by atoms with Gasteiger partial charge in [-0.3, -0.25) is 5.10 Å². The Bertz CT molecular complexity index is 587. The summed E-state index contributed by atoms with van der Waals surface area (Å²) < 4.78 is 11.1. The van der Waals surface area contributed by atoms with Crippen molar-refractivity contribution in [3.63, 3.8) is 0 Å². The van der Waals surface area contributed by atoms with Crippen molar-refractivity contribution in [3.8, 4) is 0 Å². The minimum Gasteiger partial charge on any atom is -0.448 e. The highest BCUT2D eigenvalue weighted by atomic mass is 32.2. The fourth-order valence-electron chi connectivity index (χ4n) is 2.31. The van der Waals surface area contributed by atoms with Crippen LogP contribution in [0.1, 0.15) is 55.1 Å². The summed E-state index contributed by atoms with van der Waals surface area (Å²) in [5.74, 6) is 3.02. The zero-order valence-electron chi connectivity index (χ0n) is 11.0. The van der Waals surface area contributed by atoms with Crippen LogP contribution in [-0.4, -0.2) is 26.8 Å². The molecule has 2 fully saturated rings. The van der Waals surface area contributed by atoms with E-state index in [1.807, 2.05) is 0 Å². The van der Waals surface area contributed by atoms with Gasteiger partial charge in [-0.2, -0.15) is 0 Å². The van der Waals surface area contributed by atoms with Gasteiger partial charge in [0.05, 0.1) is 5.69 Å². The molecule has 1 saturated heterocycles. The summed E-state index contributed by atoms with van der Waals surface area (Å²) in [5, 5.41) is 7.93. The van der Waals surface area contributed by atoms with Crippen LogP contribution in [0.4, 0.5) is 0 Å². The number of hydrogen-bond acceptors (Lipinski definition) is 6. The molecule has 1 saturated carbocycles. The predicted octanol–water partition coefficient (Wildman–Crippen LogP) is 2.81. The van der Waals surface area contributed by atoms with E-state index in [1.165, 1.54) is 12.8 Å². The Kier molecular flexibility index (Phi) is 3.23. The predicted molar refractivity (Wildman–Crippen MR) is 72.3 cm³/mol. The lowest BCUT2D eigenvalue weighted by atomic mass is 10.2. The summed E-state index contributed by atoms with van der Waals surface area (Å²) >= 11 is 1.57. The average Bonchev–Trinajstić information content (AvgIpc) is 2.93. The molecule has 20 heavy (non-hydrogen) atoms. The number of nitrogens with one attached hydrogen (secondary N) is 1. The Morgan fingerprint density at radius 2 is 2.25 bits per heavy atom. The van der Waals surface area contributed by atoms with Gasteiger partial charge in [0.1, 0.15) is 12.4 Å². The molecule has 2 aromatic heterocycles. The summed E-state index contributed by atoms with van der Waals surface area (Å²) in [5.41, 5.74) is 0.959. The maximum Gasteiger partial charge on any atom is 0.208 e. The van der Waals surface area contributed by atoms with Crippen LogP contribution in [-0.2, 0) is 10.5 Å². The van der Waals surface area contributed by atoms with Gasteiger partial charge in [0, 0.05) is 18.3 Å². The fourth-order valence-corrected chi connectivity index (χ4v) is 2.99. The van der Waals surface area contributed by atoms with E-state index in [1.54, 1.807) is 18.0 Å². The molecule has 6 nitrogen and oxygen atoms in total. The van der Waals surface area contributed by atoms with Gasteiger partial charge >= 0.3 is 0 Å². The Labute approximate surface area is 120 Å². The van der Waals surface area contributed by atoms with Gasteiger partial charge in [0.15, 0.2) is 11.7 Å². The summed E-state index contributed by atoms with van der Waals surface area (Å²) in [6.45, 7) is 0.816. The molecule has 4 rings (SSSR count). The molecule has 1 atom stereocenters. The van der Waals surface area contributed by atoms with Crippen molar-refractivity contribution >= 4 is 11.8 Å². The van der Waals surface area contributed by atoms with Gasteiger partial charge in [0.2, 0.25) is 5.16 Å². The summed E-state index contributed by atoms with van der Waals surface area (Å²) in [4.78, 5) is 8.97. The number of H-pyrrole nitrogens is 1. The van der Waals surface area contributed by atoms with E-state index in [0.29, 0.717) is 5.92 Å². The number of aromatic amines is 1. The normalized spacial score (nSPS) is 22.5. The van der Waals surface area contributed by atoms with E-state index in [0.717, 1.165) is 47.8 Å². The first-order valence-corrected chi connectivity index (χ1v) is 7.98. The molecule has 0 amide bonds. The molecular weight excluding hydrogens is 276 g/mol. The Morgan fingerprint density at radius 1 is 1.30 bits per heavy atom. The molecule has 0 spiro atoms. The first kappa shape index (κ1) is 12.4. The van der Waals surface area contributed by atoms with Crippen LogP contribution in [0.3, 0.4) is 0 Å². The lowest BCUT2D eigenvalue weighted by Crippen LogP contribution is -1.97. The zero-order chi connectivity index (χ0) is 13.4. The van der Waals surface area contributed by atoms with Crippen LogP contribution in [0.15, 0.2) is 15.8 Å². The third-order valence-corrected chi connectivity index (χ3v) is 4.44. The topological polar surface area (TPSA) is 76.8 Å². The van der Waals surface area contributed by atoms with Gasteiger partial charge in [-0.1, -0.05) is 11.8 Å². The molecule has 1 aliphatic carbocycles. The van der Waals surface area contributed by atoms with E-state index < -0.39 is 0 Å². The number of rotatable bonds is 5. The molecule has 0 bridgehead atoms. The van der Waals surface area contributed by atoms with E-state index in [-0.39, 0.29) is 6.10 Å². The molecule has 1 unspecified atom stereocenters. The first-order valence-electron chi connectivity index (χ1n) is 6.99. The highest BCUT2D eigenvalue weighted by molar-refractivity contribution is 7.98. The van der Waals surface area contributed by atoms with Crippen molar-refractivity contribution in [3.05, 3.63) is 23.7 Å². The van der Waals surface area contributed by atoms with Crippen LogP contribution in [0.25, 0.3) is 0 Å². The molecule has 2 aromatic rings. The van der Waals surface area contributed by atoms with Gasteiger partial charge < -0.3 is 9.15 Å². The summed E-state index contributed by atoms with van der Waals surface area (Å²) in [6.07, 6.45) is 6.36. The molecule has 2 aliphatic rings. The second-order valence-corrected chi connectivity index (χ2v) is 6.19. The number of ether oxygens (including phenoxy) is 1. The second kappa shape index (κ2) is 5.21. The van der Waals surface area contributed by atoms with Crippen molar-refractivity contribution in [1.82, 2.24) is 20.2 Å². The quantitative estimate of drug-likeness (QED) is 0.854. The molecule has 0 aromatic carbocycles. The lowest BCUT2D eigenvalue weighted by molar-refractivity contribution is 0.105. The van der Waals surface area contributed by atoms with Gasteiger partial charge in [0.25, 0.3) is 0 Å². The van der Waals surface area contributed by atoms with E-state index >= 15 is 0 Å². The van der Waals surface area contributed by atoms with Gasteiger partial charge in [-0.05, 0) is 25.7 Å². The number of hydrogen-bond donors (Lipinski definition) is 1. The SMILES string of the molecule is c1oc(C2CC2)nc1CSc1n[nH]c(C2CCCO2)n1.